The summed E-state index contributed by atoms with van der Waals surface area (Å²) in [4.78, 5) is 0. The number of hydrogen-bond acceptors (Lipinski definition) is 3. The second-order valence-electron chi connectivity index (χ2n) is 4.74. The third kappa shape index (κ3) is 8.22. The van der Waals surface area contributed by atoms with E-state index in [-0.39, 0.29) is 0 Å². The van der Waals surface area contributed by atoms with E-state index in [4.69, 9.17) is 10.6 Å². The zero-order valence-electron chi connectivity index (χ0n) is 9.39. The molecule has 0 saturated heterocycles. The first kappa shape index (κ1) is 12.9. The van der Waals surface area contributed by atoms with Crippen LogP contribution in [0.5, 0.6) is 0 Å². The van der Waals surface area contributed by atoms with E-state index in [2.05, 4.69) is 26.2 Å². The number of rotatable bonds is 6. The Balaban J connectivity index is 3.59. The van der Waals surface area contributed by atoms with Crippen molar-refractivity contribution < 1.29 is 4.74 Å². The third-order valence-electron chi connectivity index (χ3n) is 2.15. The van der Waals surface area contributed by atoms with Gasteiger partial charge in [0.25, 0.3) is 0 Å². The summed E-state index contributed by atoms with van der Waals surface area (Å²) in [7, 11) is 1.72. The van der Waals surface area contributed by atoms with E-state index in [9.17, 15) is 0 Å². The zero-order valence-corrected chi connectivity index (χ0v) is 9.39. The van der Waals surface area contributed by atoms with Crippen LogP contribution in [-0.4, -0.2) is 19.8 Å². The molecule has 3 N–H and O–H groups in total. The molecule has 0 heterocycles. The lowest BCUT2D eigenvalue weighted by molar-refractivity contribution is 0.177. The average Bonchev–Trinajstić information content (AvgIpc) is 2.03. The van der Waals surface area contributed by atoms with Gasteiger partial charge in [-0.05, 0) is 24.7 Å². The van der Waals surface area contributed by atoms with Crippen molar-refractivity contribution >= 4 is 0 Å². The van der Waals surface area contributed by atoms with E-state index in [1.807, 2.05) is 0 Å². The molecule has 0 aromatic rings. The number of nitrogens with one attached hydrogen (secondary N) is 1. The summed E-state index contributed by atoms with van der Waals surface area (Å²) in [6, 6.07) is 0.388. The lowest BCUT2D eigenvalue weighted by Crippen LogP contribution is -2.36. The van der Waals surface area contributed by atoms with Crippen LogP contribution in [-0.2, 0) is 4.74 Å². The minimum atomic E-state index is 0.388. The highest BCUT2D eigenvalue weighted by molar-refractivity contribution is 4.69. The second kappa shape index (κ2) is 6.35. The van der Waals surface area contributed by atoms with Gasteiger partial charge in [-0.3, -0.25) is 11.3 Å². The molecule has 3 nitrogen and oxygen atoms in total. The Kier molecular flexibility index (Phi) is 6.29. The van der Waals surface area contributed by atoms with Crippen molar-refractivity contribution in [3.05, 3.63) is 0 Å². The van der Waals surface area contributed by atoms with Gasteiger partial charge in [0.05, 0.1) is 0 Å². The van der Waals surface area contributed by atoms with Crippen LogP contribution in [0.2, 0.25) is 0 Å². The lowest BCUT2D eigenvalue weighted by atomic mass is 9.88. The summed E-state index contributed by atoms with van der Waals surface area (Å²) in [6.07, 6.45) is 3.29. The van der Waals surface area contributed by atoms with Crippen molar-refractivity contribution in [2.75, 3.05) is 13.7 Å². The molecule has 1 atom stereocenters. The average molecular weight is 188 g/mol. The molecule has 0 spiro atoms. The number of nitrogens with two attached hydrogens (primary N) is 1. The summed E-state index contributed by atoms with van der Waals surface area (Å²) in [5.41, 5.74) is 3.22. The van der Waals surface area contributed by atoms with E-state index >= 15 is 0 Å². The molecule has 0 aromatic carbocycles. The highest BCUT2D eigenvalue weighted by Crippen LogP contribution is 2.22. The van der Waals surface area contributed by atoms with Crippen LogP contribution in [0.3, 0.4) is 0 Å². The van der Waals surface area contributed by atoms with Gasteiger partial charge in [-0.15, -0.1) is 0 Å². The molecule has 0 aliphatic rings. The topological polar surface area (TPSA) is 47.3 Å². The van der Waals surface area contributed by atoms with Gasteiger partial charge in [-0.1, -0.05) is 20.8 Å². The molecule has 80 valence electrons. The van der Waals surface area contributed by atoms with Crippen molar-refractivity contribution in [2.45, 2.75) is 46.1 Å². The molecular weight excluding hydrogens is 164 g/mol. The van der Waals surface area contributed by atoms with E-state index in [0.29, 0.717) is 11.5 Å². The van der Waals surface area contributed by atoms with Crippen LogP contribution in [0.15, 0.2) is 0 Å². The minimum Gasteiger partial charge on any atom is -0.385 e. The smallest absolute Gasteiger partial charge is 0.0477 e. The number of hydrazine groups is 1. The van der Waals surface area contributed by atoms with Crippen LogP contribution in [0, 0.1) is 5.41 Å². The van der Waals surface area contributed by atoms with Gasteiger partial charge < -0.3 is 4.74 Å². The monoisotopic (exact) mass is 188 g/mol. The van der Waals surface area contributed by atoms with E-state index in [1.165, 1.54) is 6.42 Å². The van der Waals surface area contributed by atoms with Gasteiger partial charge in [0.1, 0.15) is 0 Å². The summed E-state index contributed by atoms with van der Waals surface area (Å²) < 4.78 is 5.01. The largest absolute Gasteiger partial charge is 0.385 e. The Hall–Kier alpha value is -0.120. The molecule has 0 aliphatic carbocycles. The van der Waals surface area contributed by atoms with Gasteiger partial charge >= 0.3 is 0 Å². The first-order chi connectivity index (χ1) is 5.99. The molecule has 0 amide bonds. The molecule has 0 rings (SSSR count). The van der Waals surface area contributed by atoms with Crippen LogP contribution >= 0.6 is 0 Å². The van der Waals surface area contributed by atoms with Gasteiger partial charge in [0.2, 0.25) is 0 Å². The fourth-order valence-electron chi connectivity index (χ4n) is 1.18. The Morgan fingerprint density at radius 1 is 1.31 bits per heavy atom. The van der Waals surface area contributed by atoms with Crippen molar-refractivity contribution in [2.24, 2.45) is 11.3 Å². The van der Waals surface area contributed by atoms with Crippen molar-refractivity contribution in [1.29, 1.82) is 0 Å². The Morgan fingerprint density at radius 2 is 1.92 bits per heavy atom. The highest BCUT2D eigenvalue weighted by Gasteiger charge is 2.13. The van der Waals surface area contributed by atoms with Gasteiger partial charge in [0, 0.05) is 19.8 Å². The van der Waals surface area contributed by atoms with Crippen LogP contribution in [0.1, 0.15) is 40.0 Å². The molecular formula is C10H24N2O. The Morgan fingerprint density at radius 3 is 2.31 bits per heavy atom. The maximum Gasteiger partial charge on any atom is 0.0477 e. The van der Waals surface area contributed by atoms with Crippen LogP contribution < -0.4 is 11.3 Å². The summed E-state index contributed by atoms with van der Waals surface area (Å²) in [5, 5.41) is 0. The molecule has 13 heavy (non-hydrogen) atoms. The summed E-state index contributed by atoms with van der Waals surface area (Å²) >= 11 is 0. The first-order valence-corrected chi connectivity index (χ1v) is 4.94. The quantitative estimate of drug-likeness (QED) is 0.492. The Labute approximate surface area is 82.0 Å². The lowest BCUT2D eigenvalue weighted by Gasteiger charge is -2.22. The van der Waals surface area contributed by atoms with Crippen molar-refractivity contribution in [3.63, 3.8) is 0 Å². The van der Waals surface area contributed by atoms with Crippen molar-refractivity contribution in [3.8, 4) is 0 Å². The van der Waals surface area contributed by atoms with E-state index in [0.717, 1.165) is 19.4 Å². The predicted molar refractivity (Wildman–Crippen MR) is 56.3 cm³/mol. The van der Waals surface area contributed by atoms with Gasteiger partial charge in [0.15, 0.2) is 0 Å². The molecule has 3 heteroatoms. The number of hydrogen-bond donors (Lipinski definition) is 2. The molecule has 0 bridgehead atoms. The summed E-state index contributed by atoms with van der Waals surface area (Å²) in [5.74, 6) is 5.44. The molecule has 0 radical (unpaired) electrons. The SMILES string of the molecule is COCCC(CCC(C)(C)C)NN. The van der Waals surface area contributed by atoms with E-state index < -0.39 is 0 Å². The third-order valence-corrected chi connectivity index (χ3v) is 2.15. The summed E-state index contributed by atoms with van der Waals surface area (Å²) in [6.45, 7) is 7.52. The minimum absolute atomic E-state index is 0.388. The van der Waals surface area contributed by atoms with E-state index in [1.54, 1.807) is 7.11 Å². The molecule has 1 unspecified atom stereocenters. The molecule has 0 aromatic heterocycles. The van der Waals surface area contributed by atoms with Crippen LogP contribution in [0.4, 0.5) is 0 Å². The maximum absolute atomic E-state index is 5.44. The fraction of sp³-hybridized carbons (Fsp3) is 1.00. The maximum atomic E-state index is 5.44. The number of methoxy groups -OCH3 is 1. The van der Waals surface area contributed by atoms with Gasteiger partial charge in [-0.25, -0.2) is 0 Å². The fourth-order valence-corrected chi connectivity index (χ4v) is 1.18. The Bertz CT molecular complexity index is 121. The standard InChI is InChI=1S/C10H24N2O/c1-10(2,3)7-5-9(12-11)6-8-13-4/h9,12H,5-8,11H2,1-4H3. The number of ether oxygens (including phenoxy) is 1. The first-order valence-electron chi connectivity index (χ1n) is 4.94. The zero-order chi connectivity index (χ0) is 10.3. The van der Waals surface area contributed by atoms with Gasteiger partial charge in [-0.2, -0.15) is 0 Å². The molecule has 0 fully saturated rings. The normalized spacial score (nSPS) is 14.5. The highest BCUT2D eigenvalue weighted by atomic mass is 16.5. The van der Waals surface area contributed by atoms with Crippen molar-refractivity contribution in [1.82, 2.24) is 5.43 Å². The molecule has 0 saturated carbocycles. The molecule has 0 aliphatic heterocycles. The van der Waals surface area contributed by atoms with Crippen LogP contribution in [0.25, 0.3) is 0 Å². The predicted octanol–water partition coefficient (Wildman–Crippen LogP) is 1.68. The second-order valence-corrected chi connectivity index (χ2v) is 4.74.